The molecule has 0 saturated carbocycles. The second-order valence-electron chi connectivity index (χ2n) is 6.81. The molecule has 0 unspecified atom stereocenters. The average Bonchev–Trinajstić information content (AvgIpc) is 3.32. The minimum absolute atomic E-state index is 0.190. The molecule has 1 aliphatic rings. The third-order valence-corrected chi connectivity index (χ3v) is 5.06. The fourth-order valence-electron chi connectivity index (χ4n) is 3.56. The van der Waals surface area contributed by atoms with Crippen LogP contribution in [0.1, 0.15) is 30.9 Å². The predicted molar refractivity (Wildman–Crippen MR) is 105 cm³/mol. The molecule has 5 nitrogen and oxygen atoms in total. The molecule has 1 aliphatic heterocycles. The van der Waals surface area contributed by atoms with Gasteiger partial charge in [0.05, 0.1) is 0 Å². The average molecular weight is 364 g/mol. The number of nitrogens with one attached hydrogen (secondary N) is 1. The summed E-state index contributed by atoms with van der Waals surface area (Å²) < 4.78 is 10.8. The van der Waals surface area contributed by atoms with Crippen molar-refractivity contribution in [2.45, 2.75) is 32.7 Å². The van der Waals surface area contributed by atoms with Gasteiger partial charge >= 0.3 is 0 Å². The van der Waals surface area contributed by atoms with Crippen LogP contribution in [0.5, 0.6) is 11.5 Å². The number of rotatable bonds is 7. The van der Waals surface area contributed by atoms with Crippen LogP contribution in [0.4, 0.5) is 0 Å². The molecule has 0 fully saturated rings. The molecule has 140 valence electrons. The van der Waals surface area contributed by atoms with E-state index in [9.17, 15) is 4.79 Å². The summed E-state index contributed by atoms with van der Waals surface area (Å²) in [7, 11) is 0. The molecule has 0 atom stereocenters. The Labute approximate surface area is 158 Å². The minimum atomic E-state index is 0.190. The van der Waals surface area contributed by atoms with Crippen LogP contribution in [0.15, 0.2) is 48.7 Å². The Bertz CT molecular complexity index is 948. The number of benzene rings is 2. The molecule has 0 radical (unpaired) electrons. The third kappa shape index (κ3) is 3.77. The number of ether oxygens (including phenoxy) is 2. The molecule has 0 bridgehead atoms. The summed E-state index contributed by atoms with van der Waals surface area (Å²) >= 11 is 0. The smallest absolute Gasteiger partial charge is 0.231 e. The van der Waals surface area contributed by atoms with Crippen LogP contribution >= 0.6 is 0 Å². The highest BCUT2D eigenvalue weighted by atomic mass is 16.7. The van der Waals surface area contributed by atoms with E-state index >= 15 is 0 Å². The summed E-state index contributed by atoms with van der Waals surface area (Å²) in [6.45, 7) is 3.58. The molecular formula is C22H24N2O3. The third-order valence-electron chi connectivity index (χ3n) is 5.06. The van der Waals surface area contributed by atoms with E-state index in [2.05, 4.69) is 29.4 Å². The van der Waals surface area contributed by atoms with E-state index in [1.54, 1.807) is 0 Å². The van der Waals surface area contributed by atoms with Gasteiger partial charge in [-0.25, -0.2) is 0 Å². The molecule has 0 saturated heterocycles. The van der Waals surface area contributed by atoms with Crippen LogP contribution in [0, 0.1) is 0 Å². The molecule has 2 aromatic carbocycles. The van der Waals surface area contributed by atoms with Crippen molar-refractivity contribution >= 4 is 16.8 Å². The monoisotopic (exact) mass is 364 g/mol. The zero-order chi connectivity index (χ0) is 18.6. The highest BCUT2D eigenvalue weighted by Crippen LogP contribution is 2.32. The maximum Gasteiger partial charge on any atom is 0.231 e. The Balaban J connectivity index is 1.33. The number of aromatic amines is 1. The standard InChI is InChI=1S/C22H24N2O3/c1-2-24(14-16-10-11-20-21(12-16)27-15-26-20)22(25)9-5-6-17-13-23-19-8-4-3-7-18(17)19/h3-4,7-8,10-13,23H,2,5-6,9,14-15H2,1H3. The van der Waals surface area contributed by atoms with E-state index in [0.29, 0.717) is 19.5 Å². The Morgan fingerprint density at radius 2 is 2.00 bits per heavy atom. The first-order valence-electron chi connectivity index (χ1n) is 9.46. The number of H-pyrrole nitrogens is 1. The van der Waals surface area contributed by atoms with Crippen molar-refractivity contribution in [2.75, 3.05) is 13.3 Å². The number of fused-ring (bicyclic) bond motifs is 2. The maximum atomic E-state index is 12.7. The van der Waals surface area contributed by atoms with E-state index in [1.807, 2.05) is 36.1 Å². The number of carbonyl (C=O) groups excluding carboxylic acids is 1. The van der Waals surface area contributed by atoms with Crippen LogP contribution in [-0.2, 0) is 17.8 Å². The number of aromatic nitrogens is 1. The number of para-hydroxylation sites is 1. The van der Waals surface area contributed by atoms with Gasteiger partial charge in [-0.1, -0.05) is 24.3 Å². The van der Waals surface area contributed by atoms with Gasteiger partial charge in [0.1, 0.15) is 0 Å². The zero-order valence-corrected chi connectivity index (χ0v) is 15.5. The van der Waals surface area contributed by atoms with Crippen molar-refractivity contribution in [3.05, 3.63) is 59.8 Å². The van der Waals surface area contributed by atoms with Gasteiger partial charge in [0.25, 0.3) is 0 Å². The molecule has 1 amide bonds. The summed E-state index contributed by atoms with van der Waals surface area (Å²) in [5.41, 5.74) is 3.49. The molecule has 0 spiro atoms. The molecule has 0 aliphatic carbocycles. The quantitative estimate of drug-likeness (QED) is 0.681. The SMILES string of the molecule is CCN(Cc1ccc2c(c1)OCO2)C(=O)CCCc1c[nH]c2ccccc12. The Hall–Kier alpha value is -2.95. The lowest BCUT2D eigenvalue weighted by Crippen LogP contribution is -2.30. The van der Waals surface area contributed by atoms with Gasteiger partial charge in [0.15, 0.2) is 11.5 Å². The van der Waals surface area contributed by atoms with Crippen LogP contribution in [0.3, 0.4) is 0 Å². The molecule has 1 N–H and O–H groups in total. The summed E-state index contributed by atoms with van der Waals surface area (Å²) in [5.74, 6) is 1.72. The lowest BCUT2D eigenvalue weighted by atomic mass is 10.1. The highest BCUT2D eigenvalue weighted by Gasteiger charge is 2.16. The summed E-state index contributed by atoms with van der Waals surface area (Å²) in [4.78, 5) is 17.9. The lowest BCUT2D eigenvalue weighted by Gasteiger charge is -2.21. The first kappa shape index (κ1) is 17.5. The second-order valence-corrected chi connectivity index (χ2v) is 6.81. The number of carbonyl (C=O) groups is 1. The lowest BCUT2D eigenvalue weighted by molar-refractivity contribution is -0.131. The van der Waals surface area contributed by atoms with Gasteiger partial charge < -0.3 is 19.4 Å². The van der Waals surface area contributed by atoms with Crippen molar-refractivity contribution in [1.82, 2.24) is 9.88 Å². The van der Waals surface area contributed by atoms with Crippen LogP contribution in [-0.4, -0.2) is 29.1 Å². The normalized spacial score (nSPS) is 12.5. The van der Waals surface area contributed by atoms with Gasteiger partial charge in [-0.15, -0.1) is 0 Å². The summed E-state index contributed by atoms with van der Waals surface area (Å²) in [6.07, 6.45) is 4.35. The molecule has 27 heavy (non-hydrogen) atoms. The van der Waals surface area contributed by atoms with Crippen molar-refractivity contribution in [3.8, 4) is 11.5 Å². The molecule has 5 heteroatoms. The van der Waals surface area contributed by atoms with E-state index in [4.69, 9.17) is 9.47 Å². The van der Waals surface area contributed by atoms with E-state index in [-0.39, 0.29) is 12.7 Å². The van der Waals surface area contributed by atoms with Crippen molar-refractivity contribution in [2.24, 2.45) is 0 Å². The fourth-order valence-corrected chi connectivity index (χ4v) is 3.56. The van der Waals surface area contributed by atoms with Gasteiger partial charge in [0.2, 0.25) is 12.7 Å². The molecule has 1 aromatic heterocycles. The first-order chi connectivity index (χ1) is 13.2. The van der Waals surface area contributed by atoms with Gasteiger partial charge in [-0.05, 0) is 49.1 Å². The largest absolute Gasteiger partial charge is 0.454 e. The Kier molecular flexibility index (Phi) is 5.01. The van der Waals surface area contributed by atoms with Crippen molar-refractivity contribution in [1.29, 1.82) is 0 Å². The number of hydrogen-bond acceptors (Lipinski definition) is 3. The number of aryl methyl sites for hydroxylation is 1. The summed E-state index contributed by atoms with van der Waals surface area (Å²) in [5, 5.41) is 1.25. The topological polar surface area (TPSA) is 54.6 Å². The van der Waals surface area contributed by atoms with Gasteiger partial charge in [-0.2, -0.15) is 0 Å². The minimum Gasteiger partial charge on any atom is -0.454 e. The number of hydrogen-bond donors (Lipinski definition) is 1. The zero-order valence-electron chi connectivity index (χ0n) is 15.5. The van der Waals surface area contributed by atoms with Gasteiger partial charge in [-0.3, -0.25) is 4.79 Å². The molecule has 4 rings (SSSR count). The van der Waals surface area contributed by atoms with E-state index < -0.39 is 0 Å². The highest BCUT2D eigenvalue weighted by molar-refractivity contribution is 5.83. The van der Waals surface area contributed by atoms with Crippen LogP contribution < -0.4 is 9.47 Å². The maximum absolute atomic E-state index is 12.7. The first-order valence-corrected chi connectivity index (χ1v) is 9.46. The number of nitrogens with zero attached hydrogens (tertiary/aromatic N) is 1. The van der Waals surface area contributed by atoms with E-state index in [0.717, 1.165) is 35.4 Å². The molecule has 2 heterocycles. The second kappa shape index (κ2) is 7.74. The molecular weight excluding hydrogens is 340 g/mol. The molecule has 3 aromatic rings. The van der Waals surface area contributed by atoms with E-state index in [1.165, 1.54) is 10.9 Å². The Morgan fingerprint density at radius 1 is 1.15 bits per heavy atom. The van der Waals surface area contributed by atoms with Crippen molar-refractivity contribution < 1.29 is 14.3 Å². The number of amides is 1. The predicted octanol–water partition coefficient (Wildman–Crippen LogP) is 4.27. The van der Waals surface area contributed by atoms with Crippen molar-refractivity contribution in [3.63, 3.8) is 0 Å². The van der Waals surface area contributed by atoms with Crippen LogP contribution in [0.25, 0.3) is 10.9 Å². The fraction of sp³-hybridized carbons (Fsp3) is 0.318. The Morgan fingerprint density at radius 3 is 2.89 bits per heavy atom. The van der Waals surface area contributed by atoms with Gasteiger partial charge in [0, 0.05) is 36.6 Å². The summed E-state index contributed by atoms with van der Waals surface area (Å²) in [6, 6.07) is 14.2. The van der Waals surface area contributed by atoms with Crippen LogP contribution in [0.2, 0.25) is 0 Å².